The number of nitrogens with one attached hydrogen (secondary N) is 1. The molecule has 0 saturated heterocycles. The highest BCUT2D eigenvalue weighted by Gasteiger charge is 2.18. The van der Waals surface area contributed by atoms with Crippen molar-refractivity contribution < 1.29 is 19.2 Å². The van der Waals surface area contributed by atoms with E-state index in [-0.39, 0.29) is 17.0 Å². The van der Waals surface area contributed by atoms with Crippen LogP contribution in [0.5, 0.6) is 5.75 Å². The van der Waals surface area contributed by atoms with Crippen molar-refractivity contribution in [1.29, 1.82) is 0 Å². The molecule has 0 saturated carbocycles. The maximum absolute atomic E-state index is 13.2. The third-order valence-electron chi connectivity index (χ3n) is 2.81. The summed E-state index contributed by atoms with van der Waals surface area (Å²) in [5.41, 5.74) is 0.111. The van der Waals surface area contributed by atoms with Crippen molar-refractivity contribution in [3.05, 3.63) is 63.5 Å². The predicted octanol–water partition coefficient (Wildman–Crippen LogP) is 3.00. The molecule has 108 valence electrons. The SMILES string of the molecule is Cc1ccc(NC(=O)c2ccc(F)c([N+](=O)[O-])c2)c(O)c1. The number of carbonyl (C=O) groups is 1. The van der Waals surface area contributed by atoms with Crippen molar-refractivity contribution in [1.82, 2.24) is 0 Å². The zero-order valence-electron chi connectivity index (χ0n) is 11.0. The summed E-state index contributed by atoms with van der Waals surface area (Å²) in [5, 5.41) is 22.7. The number of nitrogens with zero attached hydrogens (tertiary/aromatic N) is 1. The minimum Gasteiger partial charge on any atom is -0.506 e. The number of hydrogen-bond acceptors (Lipinski definition) is 4. The predicted molar refractivity (Wildman–Crippen MR) is 73.9 cm³/mol. The molecule has 0 heterocycles. The highest BCUT2D eigenvalue weighted by atomic mass is 19.1. The molecule has 0 aliphatic rings. The number of amides is 1. The second-order valence-corrected chi connectivity index (χ2v) is 4.40. The number of anilines is 1. The molecule has 2 rings (SSSR count). The Morgan fingerprint density at radius 3 is 2.62 bits per heavy atom. The van der Waals surface area contributed by atoms with E-state index in [9.17, 15) is 24.4 Å². The van der Waals surface area contributed by atoms with Gasteiger partial charge in [-0.1, -0.05) is 6.07 Å². The first-order valence-electron chi connectivity index (χ1n) is 5.93. The van der Waals surface area contributed by atoms with E-state index in [1.165, 1.54) is 12.1 Å². The zero-order chi connectivity index (χ0) is 15.6. The Bertz CT molecular complexity index is 731. The number of benzene rings is 2. The Morgan fingerprint density at radius 1 is 1.29 bits per heavy atom. The lowest BCUT2D eigenvalue weighted by Gasteiger charge is -2.08. The summed E-state index contributed by atoms with van der Waals surface area (Å²) in [7, 11) is 0. The molecular weight excluding hydrogens is 279 g/mol. The van der Waals surface area contributed by atoms with Gasteiger partial charge in [0.05, 0.1) is 10.6 Å². The van der Waals surface area contributed by atoms with Crippen molar-refractivity contribution in [2.75, 3.05) is 5.32 Å². The van der Waals surface area contributed by atoms with Gasteiger partial charge in [-0.25, -0.2) is 0 Å². The topological polar surface area (TPSA) is 92.5 Å². The number of nitro groups is 1. The van der Waals surface area contributed by atoms with Crippen LogP contribution in [-0.2, 0) is 0 Å². The minimum absolute atomic E-state index is 0.0805. The highest BCUT2D eigenvalue weighted by molar-refractivity contribution is 6.05. The summed E-state index contributed by atoms with van der Waals surface area (Å²) >= 11 is 0. The average molecular weight is 290 g/mol. The standard InChI is InChI=1S/C14H11FN2O4/c1-8-2-5-11(13(18)6-8)16-14(19)9-3-4-10(15)12(7-9)17(20)21/h2-7,18H,1H3,(H,16,19). The Hall–Kier alpha value is -2.96. The van der Waals surface area contributed by atoms with Crippen LogP contribution in [-0.4, -0.2) is 15.9 Å². The molecule has 0 unspecified atom stereocenters. The molecule has 0 aliphatic carbocycles. The van der Waals surface area contributed by atoms with Gasteiger partial charge in [0, 0.05) is 11.6 Å². The molecule has 0 fully saturated rings. The lowest BCUT2D eigenvalue weighted by atomic mass is 10.1. The van der Waals surface area contributed by atoms with Gasteiger partial charge in [0.1, 0.15) is 5.75 Å². The van der Waals surface area contributed by atoms with Crippen molar-refractivity contribution in [3.8, 4) is 5.75 Å². The molecule has 2 aromatic rings. The van der Waals surface area contributed by atoms with E-state index in [1.807, 2.05) is 0 Å². The zero-order valence-corrected chi connectivity index (χ0v) is 11.0. The van der Waals surface area contributed by atoms with Crippen molar-refractivity contribution >= 4 is 17.3 Å². The van der Waals surface area contributed by atoms with Gasteiger partial charge >= 0.3 is 5.69 Å². The lowest BCUT2D eigenvalue weighted by Crippen LogP contribution is -2.12. The number of hydrogen-bond donors (Lipinski definition) is 2. The summed E-state index contributed by atoms with van der Waals surface area (Å²) in [6.45, 7) is 1.77. The molecule has 0 aliphatic heterocycles. The van der Waals surface area contributed by atoms with Crippen LogP contribution < -0.4 is 5.32 Å². The van der Waals surface area contributed by atoms with E-state index >= 15 is 0 Å². The Kier molecular flexibility index (Phi) is 3.84. The Morgan fingerprint density at radius 2 is 2.00 bits per heavy atom. The fraction of sp³-hybridized carbons (Fsp3) is 0.0714. The number of aromatic hydroxyl groups is 1. The van der Waals surface area contributed by atoms with Gasteiger partial charge < -0.3 is 10.4 Å². The number of phenols is 1. The van der Waals surface area contributed by atoms with Crippen LogP contribution in [0.3, 0.4) is 0 Å². The fourth-order valence-corrected chi connectivity index (χ4v) is 1.74. The lowest BCUT2D eigenvalue weighted by molar-refractivity contribution is -0.387. The summed E-state index contributed by atoms with van der Waals surface area (Å²) in [5.74, 6) is -1.83. The molecule has 0 spiro atoms. The van der Waals surface area contributed by atoms with E-state index in [0.29, 0.717) is 0 Å². The maximum Gasteiger partial charge on any atom is 0.305 e. The van der Waals surface area contributed by atoms with Crippen LogP contribution in [0.15, 0.2) is 36.4 Å². The van der Waals surface area contributed by atoms with Crippen LogP contribution in [0.2, 0.25) is 0 Å². The first kappa shape index (κ1) is 14.4. The summed E-state index contributed by atoms with van der Waals surface area (Å²) < 4.78 is 13.2. The molecule has 0 radical (unpaired) electrons. The van der Waals surface area contributed by atoms with Crippen LogP contribution in [0, 0.1) is 22.9 Å². The van der Waals surface area contributed by atoms with Gasteiger partial charge in [-0.15, -0.1) is 0 Å². The number of aryl methyl sites for hydroxylation is 1. The van der Waals surface area contributed by atoms with Crippen LogP contribution >= 0.6 is 0 Å². The second kappa shape index (κ2) is 5.58. The van der Waals surface area contributed by atoms with Crippen molar-refractivity contribution in [2.45, 2.75) is 6.92 Å². The molecule has 1 amide bonds. The van der Waals surface area contributed by atoms with Gasteiger partial charge in [-0.3, -0.25) is 14.9 Å². The van der Waals surface area contributed by atoms with Crippen LogP contribution in [0.4, 0.5) is 15.8 Å². The number of rotatable bonds is 3. The fourth-order valence-electron chi connectivity index (χ4n) is 1.74. The van der Waals surface area contributed by atoms with E-state index in [2.05, 4.69) is 5.32 Å². The Balaban J connectivity index is 2.28. The third kappa shape index (κ3) is 3.14. The molecule has 21 heavy (non-hydrogen) atoms. The molecular formula is C14H11FN2O4. The Labute approximate surface area is 119 Å². The van der Waals surface area contributed by atoms with E-state index in [1.54, 1.807) is 13.0 Å². The summed E-state index contributed by atoms with van der Waals surface area (Å²) in [6.07, 6.45) is 0. The van der Waals surface area contributed by atoms with E-state index in [4.69, 9.17) is 0 Å². The number of nitro benzene ring substituents is 1. The number of halogens is 1. The first-order chi connectivity index (χ1) is 9.88. The molecule has 7 heteroatoms. The molecule has 6 nitrogen and oxygen atoms in total. The first-order valence-corrected chi connectivity index (χ1v) is 5.93. The van der Waals surface area contributed by atoms with Crippen LogP contribution in [0.1, 0.15) is 15.9 Å². The molecule has 2 aromatic carbocycles. The van der Waals surface area contributed by atoms with Crippen molar-refractivity contribution in [3.63, 3.8) is 0 Å². The molecule has 0 aromatic heterocycles. The number of carbonyl (C=O) groups excluding carboxylic acids is 1. The second-order valence-electron chi connectivity index (χ2n) is 4.40. The minimum atomic E-state index is -1.02. The van der Waals surface area contributed by atoms with Crippen molar-refractivity contribution in [2.24, 2.45) is 0 Å². The van der Waals surface area contributed by atoms with Gasteiger partial charge in [0.15, 0.2) is 0 Å². The molecule has 2 N–H and O–H groups in total. The highest BCUT2D eigenvalue weighted by Crippen LogP contribution is 2.25. The quantitative estimate of drug-likeness (QED) is 0.516. The largest absolute Gasteiger partial charge is 0.506 e. The average Bonchev–Trinajstić information content (AvgIpc) is 2.42. The van der Waals surface area contributed by atoms with Gasteiger partial charge in [0.2, 0.25) is 5.82 Å². The molecule has 0 atom stereocenters. The van der Waals surface area contributed by atoms with Gasteiger partial charge in [0.25, 0.3) is 5.91 Å². The monoisotopic (exact) mass is 290 g/mol. The van der Waals surface area contributed by atoms with Crippen LogP contribution in [0.25, 0.3) is 0 Å². The summed E-state index contributed by atoms with van der Waals surface area (Å²) in [4.78, 5) is 21.7. The normalized spacial score (nSPS) is 10.2. The van der Waals surface area contributed by atoms with Gasteiger partial charge in [-0.2, -0.15) is 4.39 Å². The molecule has 0 bridgehead atoms. The summed E-state index contributed by atoms with van der Waals surface area (Å²) in [6, 6.07) is 7.46. The van der Waals surface area contributed by atoms with Gasteiger partial charge in [-0.05, 0) is 36.8 Å². The van der Waals surface area contributed by atoms with E-state index < -0.39 is 22.3 Å². The third-order valence-corrected chi connectivity index (χ3v) is 2.81. The number of phenolic OH excluding ortho intramolecular Hbond substituents is 1. The smallest absolute Gasteiger partial charge is 0.305 e. The maximum atomic E-state index is 13.2. The van der Waals surface area contributed by atoms with E-state index in [0.717, 1.165) is 23.8 Å².